The Kier molecular flexibility index (Phi) is 4.72. The molecule has 0 saturated carbocycles. The van der Waals surface area contributed by atoms with Gasteiger partial charge in [0.2, 0.25) is 0 Å². The van der Waals surface area contributed by atoms with E-state index in [9.17, 15) is 4.79 Å². The van der Waals surface area contributed by atoms with Crippen LogP contribution in [0.25, 0.3) is 22.0 Å². The standard InChI is InChI=1S/C23H20N4O/c1-15-10-11-18(12-16(15)2)21-13-22(26-25-21)23(28)27-24-14-19-8-5-7-17-6-3-4-9-20(17)19/h3-14H,1-2H3,(H,25,26)(H,27,28). The molecule has 0 unspecified atom stereocenters. The third kappa shape index (κ3) is 3.55. The van der Waals surface area contributed by atoms with Gasteiger partial charge in [-0.15, -0.1) is 0 Å². The fourth-order valence-electron chi connectivity index (χ4n) is 3.07. The van der Waals surface area contributed by atoms with E-state index in [0.717, 1.165) is 27.6 Å². The lowest BCUT2D eigenvalue weighted by Gasteiger charge is -2.02. The molecule has 0 aliphatic carbocycles. The Hall–Kier alpha value is -3.73. The fourth-order valence-corrected chi connectivity index (χ4v) is 3.07. The predicted molar refractivity (Wildman–Crippen MR) is 113 cm³/mol. The number of fused-ring (bicyclic) bond motifs is 1. The van der Waals surface area contributed by atoms with Gasteiger partial charge in [-0.1, -0.05) is 54.6 Å². The van der Waals surface area contributed by atoms with Crippen molar-refractivity contribution in [2.24, 2.45) is 5.10 Å². The van der Waals surface area contributed by atoms with Crippen LogP contribution in [-0.2, 0) is 0 Å². The van der Waals surface area contributed by atoms with Crippen molar-refractivity contribution in [2.75, 3.05) is 0 Å². The number of rotatable bonds is 4. The van der Waals surface area contributed by atoms with Crippen LogP contribution in [0.2, 0.25) is 0 Å². The molecule has 0 saturated heterocycles. The van der Waals surface area contributed by atoms with Crippen molar-refractivity contribution in [3.63, 3.8) is 0 Å². The maximum absolute atomic E-state index is 12.4. The lowest BCUT2D eigenvalue weighted by atomic mass is 10.0. The minimum absolute atomic E-state index is 0.334. The number of carbonyl (C=O) groups excluding carboxylic acids is 1. The van der Waals surface area contributed by atoms with Crippen LogP contribution >= 0.6 is 0 Å². The minimum Gasteiger partial charge on any atom is -0.272 e. The van der Waals surface area contributed by atoms with Crippen molar-refractivity contribution in [3.8, 4) is 11.3 Å². The zero-order chi connectivity index (χ0) is 19.5. The molecule has 0 atom stereocenters. The number of aromatic nitrogens is 2. The maximum Gasteiger partial charge on any atom is 0.289 e. The van der Waals surface area contributed by atoms with Crippen LogP contribution in [0.4, 0.5) is 0 Å². The summed E-state index contributed by atoms with van der Waals surface area (Å²) in [6.07, 6.45) is 1.65. The molecule has 1 heterocycles. The summed E-state index contributed by atoms with van der Waals surface area (Å²) < 4.78 is 0. The number of amides is 1. The molecule has 1 amide bonds. The molecular formula is C23H20N4O. The lowest BCUT2D eigenvalue weighted by molar-refractivity contribution is 0.0950. The van der Waals surface area contributed by atoms with Gasteiger partial charge in [0.05, 0.1) is 11.9 Å². The van der Waals surface area contributed by atoms with Crippen molar-refractivity contribution in [2.45, 2.75) is 13.8 Å². The van der Waals surface area contributed by atoms with Crippen LogP contribution in [0.15, 0.2) is 71.8 Å². The predicted octanol–water partition coefficient (Wildman–Crippen LogP) is 4.61. The highest BCUT2D eigenvalue weighted by atomic mass is 16.2. The molecule has 0 spiro atoms. The van der Waals surface area contributed by atoms with Gasteiger partial charge in [-0.05, 0) is 47.9 Å². The van der Waals surface area contributed by atoms with Gasteiger partial charge in [0.1, 0.15) is 5.69 Å². The molecule has 0 aliphatic rings. The Bertz CT molecular complexity index is 1180. The number of carbonyl (C=O) groups is 1. The fraction of sp³-hybridized carbons (Fsp3) is 0.0870. The molecule has 5 heteroatoms. The molecule has 4 rings (SSSR count). The summed E-state index contributed by atoms with van der Waals surface area (Å²) >= 11 is 0. The Morgan fingerprint density at radius 1 is 1.00 bits per heavy atom. The SMILES string of the molecule is Cc1ccc(-c2cc(C(=O)NN=Cc3cccc4ccccc34)[nH]n2)cc1C. The highest BCUT2D eigenvalue weighted by Gasteiger charge is 2.11. The Morgan fingerprint density at radius 2 is 1.82 bits per heavy atom. The average molecular weight is 368 g/mol. The summed E-state index contributed by atoms with van der Waals surface area (Å²) in [6.45, 7) is 4.12. The van der Waals surface area contributed by atoms with Crippen LogP contribution < -0.4 is 5.43 Å². The van der Waals surface area contributed by atoms with Gasteiger partial charge in [-0.3, -0.25) is 9.89 Å². The summed E-state index contributed by atoms with van der Waals surface area (Å²) in [5.74, 6) is -0.334. The smallest absolute Gasteiger partial charge is 0.272 e. The monoisotopic (exact) mass is 368 g/mol. The van der Waals surface area contributed by atoms with E-state index in [1.807, 2.05) is 54.6 Å². The molecule has 0 fully saturated rings. The second-order valence-electron chi connectivity index (χ2n) is 6.73. The van der Waals surface area contributed by atoms with Gasteiger partial charge in [0.25, 0.3) is 5.91 Å². The van der Waals surface area contributed by atoms with Crippen molar-refractivity contribution in [1.82, 2.24) is 15.6 Å². The number of hydrogen-bond acceptors (Lipinski definition) is 3. The summed E-state index contributed by atoms with van der Waals surface area (Å²) in [4.78, 5) is 12.4. The Labute approximate surface area is 163 Å². The van der Waals surface area contributed by atoms with Gasteiger partial charge in [0.15, 0.2) is 0 Å². The van der Waals surface area contributed by atoms with E-state index in [0.29, 0.717) is 5.69 Å². The molecule has 0 radical (unpaired) electrons. The van der Waals surface area contributed by atoms with E-state index < -0.39 is 0 Å². The first-order valence-corrected chi connectivity index (χ1v) is 9.06. The first-order chi connectivity index (χ1) is 13.6. The molecule has 1 aromatic heterocycles. The Balaban J connectivity index is 1.49. The van der Waals surface area contributed by atoms with Crippen molar-refractivity contribution in [3.05, 3.63) is 89.1 Å². The zero-order valence-electron chi connectivity index (χ0n) is 15.7. The normalized spacial score (nSPS) is 11.2. The van der Waals surface area contributed by atoms with Crippen LogP contribution in [0.5, 0.6) is 0 Å². The maximum atomic E-state index is 12.4. The quantitative estimate of drug-likeness (QED) is 0.408. The third-order valence-electron chi connectivity index (χ3n) is 4.82. The Morgan fingerprint density at radius 3 is 2.68 bits per heavy atom. The summed E-state index contributed by atoms with van der Waals surface area (Å²) in [5, 5.41) is 13.3. The van der Waals surface area contributed by atoms with Crippen LogP contribution in [-0.4, -0.2) is 22.3 Å². The van der Waals surface area contributed by atoms with Crippen LogP contribution in [0.1, 0.15) is 27.2 Å². The highest BCUT2D eigenvalue weighted by Crippen LogP contribution is 2.21. The number of aromatic amines is 1. The van der Waals surface area contributed by atoms with Crippen molar-refractivity contribution >= 4 is 22.9 Å². The third-order valence-corrected chi connectivity index (χ3v) is 4.82. The number of benzene rings is 3. The van der Waals surface area contributed by atoms with Gasteiger partial charge in [0, 0.05) is 11.1 Å². The summed E-state index contributed by atoms with van der Waals surface area (Å²) in [6, 6.07) is 21.9. The minimum atomic E-state index is -0.334. The number of hydrazone groups is 1. The topological polar surface area (TPSA) is 70.1 Å². The van der Waals surface area contributed by atoms with E-state index >= 15 is 0 Å². The molecular weight excluding hydrogens is 348 g/mol. The molecule has 2 N–H and O–H groups in total. The van der Waals surface area contributed by atoms with Gasteiger partial charge in [-0.2, -0.15) is 10.2 Å². The lowest BCUT2D eigenvalue weighted by Crippen LogP contribution is -2.18. The summed E-state index contributed by atoms with van der Waals surface area (Å²) in [5.41, 5.74) is 7.97. The largest absolute Gasteiger partial charge is 0.289 e. The van der Waals surface area contributed by atoms with E-state index in [-0.39, 0.29) is 5.91 Å². The molecule has 0 bridgehead atoms. The number of aryl methyl sites for hydroxylation is 2. The molecule has 5 nitrogen and oxygen atoms in total. The second kappa shape index (κ2) is 7.48. The molecule has 4 aromatic rings. The number of nitrogens with zero attached hydrogens (tertiary/aromatic N) is 2. The van der Waals surface area contributed by atoms with Crippen LogP contribution in [0, 0.1) is 13.8 Å². The highest BCUT2D eigenvalue weighted by molar-refractivity contribution is 6.00. The summed E-state index contributed by atoms with van der Waals surface area (Å²) in [7, 11) is 0. The number of nitrogens with one attached hydrogen (secondary N) is 2. The number of hydrogen-bond donors (Lipinski definition) is 2. The molecule has 28 heavy (non-hydrogen) atoms. The van der Waals surface area contributed by atoms with E-state index in [4.69, 9.17) is 0 Å². The molecule has 0 aliphatic heterocycles. The molecule has 3 aromatic carbocycles. The molecule has 138 valence electrons. The first-order valence-electron chi connectivity index (χ1n) is 9.06. The van der Waals surface area contributed by atoms with Crippen molar-refractivity contribution in [1.29, 1.82) is 0 Å². The zero-order valence-corrected chi connectivity index (χ0v) is 15.7. The average Bonchev–Trinajstić information content (AvgIpc) is 3.20. The van der Waals surface area contributed by atoms with Gasteiger partial charge < -0.3 is 0 Å². The van der Waals surface area contributed by atoms with Gasteiger partial charge in [-0.25, -0.2) is 5.43 Å². The van der Waals surface area contributed by atoms with E-state index in [1.165, 1.54) is 11.1 Å². The van der Waals surface area contributed by atoms with E-state index in [2.05, 4.69) is 40.6 Å². The van der Waals surface area contributed by atoms with Crippen molar-refractivity contribution < 1.29 is 4.79 Å². The van der Waals surface area contributed by atoms with Gasteiger partial charge >= 0.3 is 0 Å². The number of H-pyrrole nitrogens is 1. The second-order valence-corrected chi connectivity index (χ2v) is 6.73. The first kappa shape index (κ1) is 17.7. The van der Waals surface area contributed by atoms with E-state index in [1.54, 1.807) is 12.3 Å². The van der Waals surface area contributed by atoms with Crippen LogP contribution in [0.3, 0.4) is 0 Å².